The van der Waals surface area contributed by atoms with Crippen LogP contribution in [0.1, 0.15) is 52.8 Å². The first-order valence-electron chi connectivity index (χ1n) is 11.2. The number of rotatable bonds is 4. The third-order valence-electron chi connectivity index (χ3n) is 6.97. The molecule has 34 heavy (non-hydrogen) atoms. The van der Waals surface area contributed by atoms with Gasteiger partial charge in [0, 0.05) is 25.0 Å². The number of nitrogens with one attached hydrogen (secondary N) is 1. The first-order chi connectivity index (χ1) is 16.4. The van der Waals surface area contributed by atoms with E-state index in [9.17, 15) is 14.4 Å². The summed E-state index contributed by atoms with van der Waals surface area (Å²) in [6.45, 7) is 0.571. The minimum atomic E-state index is -0.474. The topological polar surface area (TPSA) is 106 Å². The number of nitrogens with zero attached hydrogens (tertiary/aromatic N) is 4. The van der Waals surface area contributed by atoms with E-state index < -0.39 is 11.4 Å². The number of methoxy groups -OCH3 is 1. The molecule has 2 fully saturated rings. The molecule has 2 aromatic heterocycles. The fourth-order valence-electron chi connectivity index (χ4n) is 5.05. The maximum Gasteiger partial charge on any atom is 0.337 e. The zero-order valence-corrected chi connectivity index (χ0v) is 19.4. The summed E-state index contributed by atoms with van der Waals surface area (Å²) in [4.78, 5) is 44.0. The van der Waals surface area contributed by atoms with E-state index in [0.717, 1.165) is 6.42 Å². The van der Waals surface area contributed by atoms with Crippen LogP contribution >= 0.6 is 11.6 Å². The van der Waals surface area contributed by atoms with E-state index in [4.69, 9.17) is 16.3 Å². The van der Waals surface area contributed by atoms with Gasteiger partial charge in [-0.3, -0.25) is 9.59 Å². The van der Waals surface area contributed by atoms with Crippen molar-refractivity contribution in [2.24, 2.45) is 5.41 Å². The number of anilines is 1. The van der Waals surface area contributed by atoms with E-state index >= 15 is 0 Å². The van der Waals surface area contributed by atoms with Crippen LogP contribution in [0.5, 0.6) is 0 Å². The number of halogens is 1. The number of carbonyl (C=O) groups is 3. The average Bonchev–Trinajstić information content (AvgIpc) is 3.42. The van der Waals surface area contributed by atoms with Crippen molar-refractivity contribution in [3.8, 4) is 0 Å². The summed E-state index contributed by atoms with van der Waals surface area (Å²) in [5.74, 6) is -0.624. The van der Waals surface area contributed by atoms with Crippen LogP contribution in [0.2, 0.25) is 5.02 Å². The molecule has 0 radical (unpaired) electrons. The van der Waals surface area contributed by atoms with Gasteiger partial charge in [0.25, 0.3) is 5.91 Å². The molecule has 1 aromatic carbocycles. The fourth-order valence-corrected chi connectivity index (χ4v) is 5.33. The number of carbonyl (C=O) groups excluding carboxylic acids is 3. The van der Waals surface area contributed by atoms with E-state index in [0.29, 0.717) is 59.7 Å². The molecule has 5 rings (SSSR count). The van der Waals surface area contributed by atoms with Crippen LogP contribution in [0.3, 0.4) is 0 Å². The predicted octanol–water partition coefficient (Wildman–Crippen LogP) is 3.27. The zero-order chi connectivity index (χ0) is 23.9. The third kappa shape index (κ3) is 3.79. The summed E-state index contributed by atoms with van der Waals surface area (Å²) in [6.07, 6.45) is 8.45. The lowest BCUT2D eigenvalue weighted by Crippen LogP contribution is -2.44. The van der Waals surface area contributed by atoms with Crippen molar-refractivity contribution in [1.82, 2.24) is 19.9 Å². The molecule has 10 heteroatoms. The predicted molar refractivity (Wildman–Crippen MR) is 125 cm³/mol. The Labute approximate surface area is 201 Å². The molecule has 0 unspecified atom stereocenters. The number of hydrogen-bond donors (Lipinski definition) is 1. The van der Waals surface area contributed by atoms with E-state index in [2.05, 4.69) is 15.4 Å². The monoisotopic (exact) mass is 481 g/mol. The standard InChI is InChI=1S/C24H24ClN5O4/c1-34-22(32)15-3-4-19(18(25)13-15)29-12-9-24(23(29)33)7-5-16(6-8-24)28-21(31)17-14-27-30-11-2-10-26-20(17)30/h2-4,10-11,13-14,16H,5-9,12H2,1H3,(H,28,31)/t16-,24-. The molecule has 3 heterocycles. The van der Waals surface area contributed by atoms with Gasteiger partial charge in [-0.05, 0) is 56.4 Å². The second-order valence-corrected chi connectivity index (χ2v) is 9.25. The molecule has 2 aliphatic rings. The van der Waals surface area contributed by atoms with Gasteiger partial charge in [-0.15, -0.1) is 0 Å². The van der Waals surface area contributed by atoms with Crippen molar-refractivity contribution in [1.29, 1.82) is 0 Å². The second-order valence-electron chi connectivity index (χ2n) is 8.84. The summed E-state index contributed by atoms with van der Waals surface area (Å²) in [7, 11) is 1.31. The molecule has 1 saturated heterocycles. The van der Waals surface area contributed by atoms with Gasteiger partial charge in [-0.1, -0.05) is 11.6 Å². The number of amides is 2. The third-order valence-corrected chi connectivity index (χ3v) is 7.28. The molecule has 0 atom stereocenters. The Balaban J connectivity index is 1.24. The Bertz CT molecular complexity index is 1280. The van der Waals surface area contributed by atoms with Crippen molar-refractivity contribution in [2.45, 2.75) is 38.1 Å². The number of aromatic nitrogens is 3. The van der Waals surface area contributed by atoms with Crippen LogP contribution in [0.15, 0.2) is 42.9 Å². The number of esters is 1. The van der Waals surface area contributed by atoms with Crippen LogP contribution in [-0.4, -0.2) is 52.1 Å². The van der Waals surface area contributed by atoms with Gasteiger partial charge in [0.2, 0.25) is 5.91 Å². The molecule has 0 bridgehead atoms. The van der Waals surface area contributed by atoms with Gasteiger partial charge in [-0.2, -0.15) is 5.10 Å². The number of hydrogen-bond acceptors (Lipinski definition) is 6. The molecule has 9 nitrogen and oxygen atoms in total. The molecule has 2 amide bonds. The molecule has 1 aliphatic carbocycles. The average molecular weight is 482 g/mol. The van der Waals surface area contributed by atoms with Gasteiger partial charge in [0.1, 0.15) is 5.56 Å². The molecule has 1 saturated carbocycles. The zero-order valence-electron chi connectivity index (χ0n) is 18.7. The minimum absolute atomic E-state index is 0.0124. The van der Waals surface area contributed by atoms with Crippen molar-refractivity contribution in [3.63, 3.8) is 0 Å². The van der Waals surface area contributed by atoms with Gasteiger partial charge in [-0.25, -0.2) is 14.3 Å². The van der Waals surface area contributed by atoms with Crippen LogP contribution < -0.4 is 10.2 Å². The summed E-state index contributed by atoms with van der Waals surface area (Å²) >= 11 is 6.41. The minimum Gasteiger partial charge on any atom is -0.465 e. The highest BCUT2D eigenvalue weighted by atomic mass is 35.5. The summed E-state index contributed by atoms with van der Waals surface area (Å²) in [5, 5.41) is 7.60. The lowest BCUT2D eigenvalue weighted by molar-refractivity contribution is -0.127. The summed E-state index contributed by atoms with van der Waals surface area (Å²) < 4.78 is 6.30. The highest BCUT2D eigenvalue weighted by molar-refractivity contribution is 6.34. The van der Waals surface area contributed by atoms with Crippen molar-refractivity contribution < 1.29 is 19.1 Å². The largest absolute Gasteiger partial charge is 0.465 e. The Morgan fingerprint density at radius 3 is 2.76 bits per heavy atom. The van der Waals surface area contributed by atoms with E-state index in [1.807, 2.05) is 0 Å². The first kappa shape index (κ1) is 22.3. The van der Waals surface area contributed by atoms with Gasteiger partial charge in [0.05, 0.1) is 35.0 Å². The van der Waals surface area contributed by atoms with Crippen LogP contribution in [0.4, 0.5) is 5.69 Å². The van der Waals surface area contributed by atoms with Crippen molar-refractivity contribution in [3.05, 3.63) is 59.0 Å². The molecule has 1 N–H and O–H groups in total. The summed E-state index contributed by atoms with van der Waals surface area (Å²) in [5.41, 5.74) is 1.46. The smallest absolute Gasteiger partial charge is 0.337 e. The first-order valence-corrected chi connectivity index (χ1v) is 11.6. The Morgan fingerprint density at radius 2 is 2.03 bits per heavy atom. The number of benzene rings is 1. The van der Waals surface area contributed by atoms with Gasteiger partial charge >= 0.3 is 5.97 Å². The molecule has 1 aliphatic heterocycles. The van der Waals surface area contributed by atoms with Gasteiger partial charge in [0.15, 0.2) is 5.65 Å². The van der Waals surface area contributed by atoms with Crippen molar-refractivity contribution >= 4 is 40.7 Å². The molecular weight excluding hydrogens is 458 g/mol. The van der Waals surface area contributed by atoms with Crippen LogP contribution in [0.25, 0.3) is 5.65 Å². The highest BCUT2D eigenvalue weighted by Gasteiger charge is 2.49. The normalized spacial score (nSPS) is 22.4. The number of ether oxygens (including phenoxy) is 1. The van der Waals surface area contributed by atoms with Crippen LogP contribution in [0, 0.1) is 5.41 Å². The molecular formula is C24H24ClN5O4. The highest BCUT2D eigenvalue weighted by Crippen LogP contribution is 2.47. The SMILES string of the molecule is COC(=O)c1ccc(N2CC[C@]3(CC[C@@H](NC(=O)c4cnn5cccnc45)CC3)C2=O)c(Cl)c1. The molecule has 1 spiro atoms. The van der Waals surface area contributed by atoms with Crippen molar-refractivity contribution in [2.75, 3.05) is 18.6 Å². The molecule has 176 valence electrons. The molecule has 3 aromatic rings. The number of fused-ring (bicyclic) bond motifs is 1. The lowest BCUT2D eigenvalue weighted by Gasteiger charge is -2.36. The Kier molecular flexibility index (Phi) is 5.73. The van der Waals surface area contributed by atoms with Crippen LogP contribution in [-0.2, 0) is 9.53 Å². The van der Waals surface area contributed by atoms with E-state index in [1.54, 1.807) is 40.0 Å². The van der Waals surface area contributed by atoms with E-state index in [1.165, 1.54) is 19.4 Å². The Morgan fingerprint density at radius 1 is 1.24 bits per heavy atom. The maximum absolute atomic E-state index is 13.4. The Hall–Kier alpha value is -3.46. The maximum atomic E-state index is 13.4. The quantitative estimate of drug-likeness (QED) is 0.573. The second kappa shape index (κ2) is 8.72. The van der Waals surface area contributed by atoms with Gasteiger partial charge < -0.3 is 15.0 Å². The summed E-state index contributed by atoms with van der Waals surface area (Å²) in [6, 6.07) is 6.59. The fraction of sp³-hybridized carbons (Fsp3) is 0.375. The lowest BCUT2D eigenvalue weighted by atomic mass is 9.71. The van der Waals surface area contributed by atoms with E-state index in [-0.39, 0.29) is 17.9 Å².